The molecule has 0 spiro atoms. The summed E-state index contributed by atoms with van der Waals surface area (Å²) in [6.07, 6.45) is 9.57. The second-order valence-electron chi connectivity index (χ2n) is 15.8. The van der Waals surface area contributed by atoms with Crippen molar-refractivity contribution in [3.05, 3.63) is 111 Å². The summed E-state index contributed by atoms with van der Waals surface area (Å²) >= 11 is 0. The molecule has 2 aliphatic rings. The summed E-state index contributed by atoms with van der Waals surface area (Å²) < 4.78 is 19.3. The monoisotopic (exact) mass is 845 g/mol. The van der Waals surface area contributed by atoms with E-state index < -0.39 is 30.1 Å². The van der Waals surface area contributed by atoms with Crippen LogP contribution in [0.3, 0.4) is 0 Å². The van der Waals surface area contributed by atoms with E-state index in [-0.39, 0.29) is 53.1 Å². The van der Waals surface area contributed by atoms with Crippen LogP contribution in [0.15, 0.2) is 82.6 Å². The number of hydrogen-bond donors (Lipinski definition) is 5. The van der Waals surface area contributed by atoms with Gasteiger partial charge in [0.2, 0.25) is 11.8 Å². The predicted octanol–water partition coefficient (Wildman–Crippen LogP) is 4.45. The maximum absolute atomic E-state index is 13.6. The molecule has 1 saturated carbocycles. The Morgan fingerprint density at radius 3 is 2.40 bits per heavy atom. The third kappa shape index (κ3) is 8.71. The first-order valence-electron chi connectivity index (χ1n) is 20.9. The molecule has 4 aromatic heterocycles. The van der Waals surface area contributed by atoms with Gasteiger partial charge in [-0.3, -0.25) is 43.0 Å². The molecule has 62 heavy (non-hydrogen) atoms. The van der Waals surface area contributed by atoms with Gasteiger partial charge in [-0.15, -0.1) is 5.10 Å². The molecule has 6 aromatic rings. The van der Waals surface area contributed by atoms with E-state index in [4.69, 9.17) is 0 Å². The summed E-state index contributed by atoms with van der Waals surface area (Å²) in [5.41, 5.74) is 4.27. The minimum absolute atomic E-state index is 0.129. The summed E-state index contributed by atoms with van der Waals surface area (Å²) in [5.74, 6) is -1.18. The van der Waals surface area contributed by atoms with Crippen LogP contribution >= 0.6 is 0 Å². The molecule has 18 heteroatoms. The standard InChI is InChI=1S/C44H48FN11O6/c1-46-32-24-37(52-56-36(25-48-39(32)56)42(60)50-31-23-29(31)45)49-30-11-9-21-54(43(30)61)28-15-13-27(14-16-28)40(58)47-20-8-6-4-3-5-7-10-26-12-17-33-35(22-26)53(2)44(62)55(33)34-18-19-38(57)51-41(34)59/h9,11-17,21-22,24-25,29,31,34,46H,3-8,10,18-20,23H2,1-2H3,(H,47,58)(H,49,52)(H,50,60)(H,51,57,59)/t29-,31+,34?/m0/s1. The number of aromatic nitrogens is 6. The minimum atomic E-state index is -1.06. The summed E-state index contributed by atoms with van der Waals surface area (Å²) in [5, 5.41) is 18.6. The Bertz CT molecular complexity index is 2810. The van der Waals surface area contributed by atoms with Crippen LogP contribution in [-0.2, 0) is 23.1 Å². The van der Waals surface area contributed by atoms with Crippen LogP contribution in [0.1, 0.15) is 90.2 Å². The molecule has 5 N–H and O–H groups in total. The zero-order chi connectivity index (χ0) is 43.5. The lowest BCUT2D eigenvalue weighted by molar-refractivity contribution is -0.135. The van der Waals surface area contributed by atoms with Gasteiger partial charge in [0, 0.05) is 57.0 Å². The maximum Gasteiger partial charge on any atom is 0.329 e. The van der Waals surface area contributed by atoms with Crippen molar-refractivity contribution in [1.82, 2.24) is 44.2 Å². The van der Waals surface area contributed by atoms with Crippen LogP contribution in [0.2, 0.25) is 0 Å². The number of fused-ring (bicyclic) bond motifs is 2. The number of anilines is 3. The van der Waals surface area contributed by atoms with Gasteiger partial charge >= 0.3 is 5.69 Å². The van der Waals surface area contributed by atoms with Crippen molar-refractivity contribution in [3.63, 3.8) is 0 Å². The average Bonchev–Trinajstić information content (AvgIpc) is 3.68. The zero-order valence-corrected chi connectivity index (χ0v) is 34.4. The number of imide groups is 1. The number of imidazole rings is 2. The van der Waals surface area contributed by atoms with E-state index in [2.05, 4.69) is 36.7 Å². The SMILES string of the molecule is CNc1cc(Nc2cccn(-c3ccc(C(=O)NCCCCCCCCc4ccc5c(c4)n(C)c(=O)n5C4CCC(=O)NC4=O)cc3)c2=O)nn2c(C(=O)N[C@@H]3C[C@@H]3F)cnc12. The van der Waals surface area contributed by atoms with Crippen LogP contribution in [0.25, 0.3) is 22.4 Å². The van der Waals surface area contributed by atoms with Crippen LogP contribution in [0, 0.1) is 0 Å². The van der Waals surface area contributed by atoms with Gasteiger partial charge in [0.1, 0.15) is 17.9 Å². The zero-order valence-electron chi connectivity index (χ0n) is 34.4. The third-order valence-corrected chi connectivity index (χ3v) is 11.5. The van der Waals surface area contributed by atoms with Crippen LogP contribution in [-0.4, -0.2) is 77.7 Å². The molecule has 3 atom stereocenters. The number of unbranched alkanes of at least 4 members (excludes halogenated alkanes) is 5. The Morgan fingerprint density at radius 2 is 1.66 bits per heavy atom. The summed E-state index contributed by atoms with van der Waals surface area (Å²) in [7, 11) is 3.40. The number of nitrogens with one attached hydrogen (secondary N) is 5. The highest BCUT2D eigenvalue weighted by Crippen LogP contribution is 2.27. The molecule has 5 heterocycles. The molecular formula is C44H48FN11O6. The predicted molar refractivity (Wildman–Crippen MR) is 231 cm³/mol. The number of carbonyl (C=O) groups excluding carboxylic acids is 4. The number of aryl methyl sites for hydroxylation is 2. The Hall–Kier alpha value is -7.11. The van der Waals surface area contributed by atoms with Crippen LogP contribution in [0.5, 0.6) is 0 Å². The molecule has 2 aromatic carbocycles. The fourth-order valence-electron chi connectivity index (χ4n) is 7.89. The van der Waals surface area contributed by atoms with Gasteiger partial charge in [-0.25, -0.2) is 18.7 Å². The summed E-state index contributed by atoms with van der Waals surface area (Å²) in [4.78, 5) is 80.8. The number of piperidine rings is 1. The van der Waals surface area contributed by atoms with Crippen molar-refractivity contribution in [2.75, 3.05) is 24.2 Å². The molecule has 17 nitrogen and oxygen atoms in total. The van der Waals surface area contributed by atoms with E-state index in [0.717, 1.165) is 56.0 Å². The highest BCUT2D eigenvalue weighted by molar-refractivity contribution is 6.00. The van der Waals surface area contributed by atoms with Crippen LogP contribution < -0.4 is 37.8 Å². The van der Waals surface area contributed by atoms with E-state index in [1.807, 2.05) is 18.2 Å². The minimum Gasteiger partial charge on any atom is -0.385 e. The van der Waals surface area contributed by atoms with Gasteiger partial charge in [-0.2, -0.15) is 0 Å². The van der Waals surface area contributed by atoms with Crippen molar-refractivity contribution in [2.45, 2.75) is 82.5 Å². The van der Waals surface area contributed by atoms with Gasteiger partial charge in [0.15, 0.2) is 17.2 Å². The Balaban J connectivity index is 0.782. The molecule has 1 unspecified atom stereocenters. The largest absolute Gasteiger partial charge is 0.385 e. The van der Waals surface area contributed by atoms with E-state index in [1.54, 1.807) is 67.3 Å². The van der Waals surface area contributed by atoms with Crippen molar-refractivity contribution in [1.29, 1.82) is 0 Å². The van der Waals surface area contributed by atoms with Crippen LogP contribution in [0.4, 0.5) is 21.6 Å². The molecule has 2 fully saturated rings. The van der Waals surface area contributed by atoms with Gasteiger partial charge in [-0.1, -0.05) is 31.7 Å². The number of alkyl halides is 1. The first-order chi connectivity index (χ1) is 30.0. The molecule has 322 valence electrons. The van der Waals surface area contributed by atoms with E-state index >= 15 is 0 Å². The smallest absolute Gasteiger partial charge is 0.329 e. The topological polar surface area (TPSA) is 208 Å². The van der Waals surface area contributed by atoms with Gasteiger partial charge in [-0.05, 0) is 79.8 Å². The number of nitrogens with zero attached hydrogens (tertiary/aromatic N) is 6. The Kier molecular flexibility index (Phi) is 12.0. The number of pyridine rings is 1. The molecular weight excluding hydrogens is 798 g/mol. The lowest BCUT2D eigenvalue weighted by atomic mass is 10.0. The van der Waals surface area contributed by atoms with Crippen molar-refractivity contribution in [3.8, 4) is 5.69 Å². The number of rotatable bonds is 17. The third-order valence-electron chi connectivity index (χ3n) is 11.5. The molecule has 1 saturated heterocycles. The maximum atomic E-state index is 13.6. The van der Waals surface area contributed by atoms with E-state index in [0.29, 0.717) is 41.1 Å². The number of amides is 4. The number of benzene rings is 2. The second kappa shape index (κ2) is 17.9. The van der Waals surface area contributed by atoms with Crippen molar-refractivity contribution < 1.29 is 23.6 Å². The number of hydrogen-bond acceptors (Lipinski definition) is 10. The first-order valence-corrected chi connectivity index (χ1v) is 20.9. The highest BCUT2D eigenvalue weighted by Gasteiger charge is 2.39. The first kappa shape index (κ1) is 41.6. The number of carbonyl (C=O) groups is 4. The average molecular weight is 846 g/mol. The van der Waals surface area contributed by atoms with Gasteiger partial charge in [0.05, 0.1) is 29.0 Å². The fourth-order valence-corrected chi connectivity index (χ4v) is 7.89. The fraction of sp³-hybridized carbons (Fsp3) is 0.364. The summed E-state index contributed by atoms with van der Waals surface area (Å²) in [6.45, 7) is 0.546. The van der Waals surface area contributed by atoms with Crippen molar-refractivity contribution in [2.24, 2.45) is 7.05 Å². The molecule has 1 aliphatic heterocycles. The van der Waals surface area contributed by atoms with E-state index in [1.165, 1.54) is 19.8 Å². The van der Waals surface area contributed by atoms with Gasteiger partial charge < -0.3 is 21.3 Å². The Labute approximate surface area is 354 Å². The lowest BCUT2D eigenvalue weighted by Gasteiger charge is -2.21. The summed E-state index contributed by atoms with van der Waals surface area (Å²) in [6, 6.07) is 16.4. The van der Waals surface area contributed by atoms with Gasteiger partial charge in [0.25, 0.3) is 17.4 Å². The highest BCUT2D eigenvalue weighted by atomic mass is 19.1. The molecule has 0 radical (unpaired) electrons. The quantitative estimate of drug-likeness (QED) is 0.0644. The Morgan fingerprint density at radius 1 is 0.903 bits per heavy atom. The lowest BCUT2D eigenvalue weighted by Crippen LogP contribution is -2.44. The molecule has 8 rings (SSSR count). The van der Waals surface area contributed by atoms with Crippen molar-refractivity contribution >= 4 is 57.5 Å². The number of halogens is 1. The normalized spacial score (nSPS) is 17.2. The molecule has 1 aliphatic carbocycles. The molecule has 0 bridgehead atoms. The molecule has 4 amide bonds. The second-order valence-corrected chi connectivity index (χ2v) is 15.8. The van der Waals surface area contributed by atoms with E-state index in [9.17, 15) is 33.2 Å².